The first kappa shape index (κ1) is 19.3. The van der Waals surface area contributed by atoms with Crippen LogP contribution in [0.25, 0.3) is 11.5 Å². The summed E-state index contributed by atoms with van der Waals surface area (Å²) in [7, 11) is 1.64. The van der Waals surface area contributed by atoms with E-state index >= 15 is 0 Å². The number of nitrogens with zero attached hydrogens (tertiary/aromatic N) is 2. The largest absolute Gasteiger partial charge is 0.419 e. The fourth-order valence-electron chi connectivity index (χ4n) is 2.36. The molecule has 2 rings (SSSR count). The Labute approximate surface area is 152 Å². The third kappa shape index (κ3) is 5.20. The van der Waals surface area contributed by atoms with E-state index in [1.54, 1.807) is 7.11 Å². The third-order valence-electron chi connectivity index (χ3n) is 3.55. The van der Waals surface area contributed by atoms with Crippen molar-refractivity contribution in [2.75, 3.05) is 38.8 Å². The molecule has 6 nitrogen and oxygen atoms in total. The van der Waals surface area contributed by atoms with Gasteiger partial charge < -0.3 is 19.2 Å². The minimum atomic E-state index is 0.213. The van der Waals surface area contributed by atoms with Crippen LogP contribution in [0.3, 0.4) is 0 Å². The molecule has 0 aliphatic carbocycles. The molecular formula is C18H22ClN3O3. The van der Waals surface area contributed by atoms with Gasteiger partial charge in [-0.1, -0.05) is 17.7 Å². The Balaban J connectivity index is 2.04. The van der Waals surface area contributed by atoms with Crippen molar-refractivity contribution in [2.24, 2.45) is 0 Å². The fourth-order valence-corrected chi connectivity index (χ4v) is 2.55. The van der Waals surface area contributed by atoms with Crippen LogP contribution in [-0.2, 0) is 9.47 Å². The standard InChI is InChI=1S/C18H22ClN3O3/c1-12-9-13(2)16(19)14(10-12)17-22-15(11-20)18(25-17)21-5-4-6-24-8-7-23-3/h9-10,21H,4-8H2,1-3H3. The Morgan fingerprint density at radius 3 is 2.80 bits per heavy atom. The van der Waals surface area contributed by atoms with Gasteiger partial charge in [0.2, 0.25) is 17.5 Å². The lowest BCUT2D eigenvalue weighted by atomic mass is 10.1. The lowest BCUT2D eigenvalue weighted by molar-refractivity contribution is 0.0705. The summed E-state index contributed by atoms with van der Waals surface area (Å²) in [4.78, 5) is 4.26. The van der Waals surface area contributed by atoms with Gasteiger partial charge in [-0.2, -0.15) is 10.2 Å². The molecular weight excluding hydrogens is 342 g/mol. The number of nitrogens with one attached hydrogen (secondary N) is 1. The van der Waals surface area contributed by atoms with Crippen LogP contribution in [0.2, 0.25) is 5.02 Å². The van der Waals surface area contributed by atoms with Crippen LogP contribution >= 0.6 is 11.6 Å². The predicted octanol–water partition coefficient (Wildman–Crippen LogP) is 3.95. The molecule has 0 amide bonds. The van der Waals surface area contributed by atoms with Gasteiger partial charge in [0.15, 0.2) is 0 Å². The van der Waals surface area contributed by atoms with Crippen molar-refractivity contribution >= 4 is 17.5 Å². The van der Waals surface area contributed by atoms with E-state index in [0.29, 0.717) is 48.7 Å². The molecule has 0 fully saturated rings. The number of aryl methyl sites for hydroxylation is 2. The third-order valence-corrected chi connectivity index (χ3v) is 4.05. The summed E-state index contributed by atoms with van der Waals surface area (Å²) >= 11 is 6.36. The minimum Gasteiger partial charge on any atom is -0.419 e. The van der Waals surface area contributed by atoms with Gasteiger partial charge in [-0.3, -0.25) is 0 Å². The van der Waals surface area contributed by atoms with Crippen molar-refractivity contribution in [3.63, 3.8) is 0 Å². The molecule has 0 bridgehead atoms. The zero-order chi connectivity index (χ0) is 18.2. The van der Waals surface area contributed by atoms with Crippen molar-refractivity contribution < 1.29 is 13.9 Å². The van der Waals surface area contributed by atoms with Crippen LogP contribution in [0.15, 0.2) is 16.5 Å². The van der Waals surface area contributed by atoms with E-state index in [2.05, 4.69) is 10.3 Å². The van der Waals surface area contributed by atoms with Crippen LogP contribution in [0.4, 0.5) is 5.88 Å². The molecule has 7 heteroatoms. The number of halogens is 1. The maximum absolute atomic E-state index is 9.27. The van der Waals surface area contributed by atoms with E-state index in [1.165, 1.54) is 0 Å². The molecule has 0 radical (unpaired) electrons. The van der Waals surface area contributed by atoms with E-state index in [0.717, 1.165) is 17.5 Å². The summed E-state index contributed by atoms with van der Waals surface area (Å²) in [6.07, 6.45) is 0.773. The minimum absolute atomic E-state index is 0.213. The second-order valence-corrected chi connectivity index (χ2v) is 6.02. The van der Waals surface area contributed by atoms with Gasteiger partial charge in [0.25, 0.3) is 0 Å². The first-order valence-corrected chi connectivity index (χ1v) is 8.43. The molecule has 0 aliphatic heterocycles. The second kappa shape index (κ2) is 9.42. The Hall–Kier alpha value is -2.07. The quantitative estimate of drug-likeness (QED) is 0.679. The fraction of sp³-hybridized carbons (Fsp3) is 0.444. The van der Waals surface area contributed by atoms with Crippen molar-refractivity contribution in [1.29, 1.82) is 5.26 Å². The van der Waals surface area contributed by atoms with Gasteiger partial charge in [0.05, 0.1) is 23.8 Å². The Kier molecular flexibility index (Phi) is 7.26. The highest BCUT2D eigenvalue weighted by Gasteiger charge is 2.17. The van der Waals surface area contributed by atoms with Crippen LogP contribution in [0.5, 0.6) is 0 Å². The molecule has 0 saturated heterocycles. The zero-order valence-electron chi connectivity index (χ0n) is 14.7. The lowest BCUT2D eigenvalue weighted by Gasteiger charge is -2.06. The van der Waals surface area contributed by atoms with Crippen molar-refractivity contribution in [2.45, 2.75) is 20.3 Å². The summed E-state index contributed by atoms with van der Waals surface area (Å²) in [6, 6.07) is 5.93. The number of benzene rings is 1. The smallest absolute Gasteiger partial charge is 0.232 e. The monoisotopic (exact) mass is 363 g/mol. The number of anilines is 1. The summed E-state index contributed by atoms with van der Waals surface area (Å²) in [5, 5.41) is 12.9. The van der Waals surface area contributed by atoms with Crippen molar-refractivity contribution in [3.8, 4) is 17.5 Å². The van der Waals surface area contributed by atoms with Crippen molar-refractivity contribution in [3.05, 3.63) is 34.0 Å². The summed E-state index contributed by atoms with van der Waals surface area (Å²) in [6.45, 7) is 6.25. The summed E-state index contributed by atoms with van der Waals surface area (Å²) in [5.74, 6) is 0.691. The van der Waals surface area contributed by atoms with Crippen molar-refractivity contribution in [1.82, 2.24) is 4.98 Å². The molecule has 0 atom stereocenters. The first-order chi connectivity index (χ1) is 12.1. The number of hydrogen-bond donors (Lipinski definition) is 1. The number of rotatable bonds is 9. The van der Waals surface area contributed by atoms with Crippen LogP contribution < -0.4 is 5.32 Å². The Bertz CT molecular complexity index is 753. The number of methoxy groups -OCH3 is 1. The van der Waals surface area contributed by atoms with E-state index in [9.17, 15) is 5.26 Å². The van der Waals surface area contributed by atoms with E-state index < -0.39 is 0 Å². The van der Waals surface area contributed by atoms with E-state index in [-0.39, 0.29) is 5.69 Å². The number of nitriles is 1. The van der Waals surface area contributed by atoms with Crippen LogP contribution in [0, 0.1) is 25.2 Å². The van der Waals surface area contributed by atoms with E-state index in [4.69, 9.17) is 25.5 Å². The maximum atomic E-state index is 9.27. The van der Waals surface area contributed by atoms with E-state index in [1.807, 2.05) is 32.0 Å². The number of ether oxygens (including phenoxy) is 2. The van der Waals surface area contributed by atoms with Gasteiger partial charge in [-0.05, 0) is 37.5 Å². The summed E-state index contributed by atoms with van der Waals surface area (Å²) < 4.78 is 16.0. The molecule has 25 heavy (non-hydrogen) atoms. The molecule has 0 unspecified atom stereocenters. The molecule has 0 spiro atoms. The van der Waals surface area contributed by atoms with Gasteiger partial charge in [0, 0.05) is 20.3 Å². The molecule has 1 N–H and O–H groups in total. The number of oxazole rings is 1. The highest BCUT2D eigenvalue weighted by atomic mass is 35.5. The SMILES string of the molecule is COCCOCCCNc1oc(-c2cc(C)cc(C)c2Cl)nc1C#N. The van der Waals surface area contributed by atoms with Crippen LogP contribution in [-0.4, -0.2) is 38.5 Å². The Morgan fingerprint density at radius 1 is 1.28 bits per heavy atom. The topological polar surface area (TPSA) is 80.3 Å². The van der Waals surface area contributed by atoms with Gasteiger partial charge in [-0.15, -0.1) is 0 Å². The molecule has 2 aromatic rings. The number of aromatic nitrogens is 1. The molecule has 0 saturated carbocycles. The predicted molar refractivity (Wildman–Crippen MR) is 96.9 cm³/mol. The average Bonchev–Trinajstić information content (AvgIpc) is 3.00. The highest BCUT2D eigenvalue weighted by molar-refractivity contribution is 6.33. The van der Waals surface area contributed by atoms with Gasteiger partial charge >= 0.3 is 0 Å². The molecule has 1 aromatic carbocycles. The second-order valence-electron chi connectivity index (χ2n) is 5.64. The Morgan fingerprint density at radius 2 is 2.08 bits per heavy atom. The molecule has 1 heterocycles. The highest BCUT2D eigenvalue weighted by Crippen LogP contribution is 2.33. The average molecular weight is 364 g/mol. The normalized spacial score (nSPS) is 10.7. The molecule has 134 valence electrons. The van der Waals surface area contributed by atoms with Gasteiger partial charge in [-0.25, -0.2) is 0 Å². The summed E-state index contributed by atoms with van der Waals surface area (Å²) in [5.41, 5.74) is 2.89. The van der Waals surface area contributed by atoms with Crippen LogP contribution in [0.1, 0.15) is 23.2 Å². The number of hydrogen-bond acceptors (Lipinski definition) is 6. The zero-order valence-corrected chi connectivity index (χ0v) is 15.4. The maximum Gasteiger partial charge on any atom is 0.232 e. The van der Waals surface area contributed by atoms with Gasteiger partial charge in [0.1, 0.15) is 6.07 Å². The lowest BCUT2D eigenvalue weighted by Crippen LogP contribution is -2.08. The first-order valence-electron chi connectivity index (χ1n) is 8.05. The molecule has 1 aromatic heterocycles. The molecule has 0 aliphatic rings.